The molecule has 5 amide bonds. The predicted octanol–water partition coefficient (Wildman–Crippen LogP) is -3.99. The summed E-state index contributed by atoms with van der Waals surface area (Å²) in [5.41, 5.74) is 5.27. The Bertz CT molecular complexity index is 866. The summed E-state index contributed by atoms with van der Waals surface area (Å²) in [4.78, 5) is 74.9. The van der Waals surface area contributed by atoms with Gasteiger partial charge in [-0.25, -0.2) is 4.79 Å². The molecule has 1 rings (SSSR count). The molecule has 0 radical (unpaired) electrons. The number of hydrogen-bond donors (Lipinski definition) is 8. The summed E-state index contributed by atoms with van der Waals surface area (Å²) in [6, 6.07) is -6.31. The van der Waals surface area contributed by atoms with E-state index >= 15 is 0 Å². The van der Waals surface area contributed by atoms with Crippen LogP contribution in [0.3, 0.4) is 0 Å². The number of amides is 5. The minimum Gasteiger partial charge on any atom is -0.480 e. The van der Waals surface area contributed by atoms with Crippen LogP contribution in [0, 0.1) is 5.92 Å². The molecule has 1 fully saturated rings. The molecular formula is C22H38N6O9. The van der Waals surface area contributed by atoms with Gasteiger partial charge in [0.25, 0.3) is 0 Å². The van der Waals surface area contributed by atoms with Crippen LogP contribution < -0.4 is 27.0 Å². The summed E-state index contributed by atoms with van der Waals surface area (Å²) in [5, 5.41) is 38.3. The van der Waals surface area contributed by atoms with Crippen LogP contribution in [-0.4, -0.2) is 112 Å². The monoisotopic (exact) mass is 530 g/mol. The standard InChI is InChI=1S/C22H38N6O9/c1-10(2)16(26-15(31)8-23)19(33)27-17(12(4)30)20(34)25-13(9-29)18(32)24-11(3)21(35)28-7-5-6-14(28)22(36)37/h10-14,16-17,29-30H,5-9,23H2,1-4H3,(H,24,32)(H,25,34)(H,26,31)(H,27,33)(H,36,37)/t11-,12+,13-,14-,16-,17-/m0/s1. The predicted molar refractivity (Wildman–Crippen MR) is 128 cm³/mol. The third kappa shape index (κ3) is 8.94. The SMILES string of the molecule is CC(C)[C@H](NC(=O)CN)C(=O)N[C@H](C(=O)N[C@@H](CO)C(=O)N[C@@H](C)C(=O)N1CCC[C@H]1C(=O)O)[C@@H](C)O. The minimum absolute atomic E-state index is 0.217. The Morgan fingerprint density at radius 3 is 2.00 bits per heavy atom. The normalized spacial score (nSPS) is 19.2. The first-order valence-electron chi connectivity index (χ1n) is 12.0. The Kier molecular flexibility index (Phi) is 12.4. The van der Waals surface area contributed by atoms with E-state index in [1.54, 1.807) is 13.8 Å². The quantitative estimate of drug-likeness (QED) is 0.115. The second kappa shape index (κ2) is 14.4. The van der Waals surface area contributed by atoms with Crippen molar-refractivity contribution in [2.24, 2.45) is 11.7 Å². The summed E-state index contributed by atoms with van der Waals surface area (Å²) in [7, 11) is 0. The lowest BCUT2D eigenvalue weighted by Crippen LogP contribution is -2.62. The second-order valence-electron chi connectivity index (χ2n) is 9.22. The molecule has 6 atom stereocenters. The first kappa shape index (κ1) is 31.7. The number of likely N-dealkylation sites (tertiary alicyclic amines) is 1. The van der Waals surface area contributed by atoms with Gasteiger partial charge in [-0.3, -0.25) is 24.0 Å². The second-order valence-corrected chi connectivity index (χ2v) is 9.22. The van der Waals surface area contributed by atoms with Crippen LogP contribution in [0.15, 0.2) is 0 Å². The van der Waals surface area contributed by atoms with Crippen molar-refractivity contribution in [3.8, 4) is 0 Å². The van der Waals surface area contributed by atoms with Crippen LogP contribution in [0.25, 0.3) is 0 Å². The Labute approximate surface area is 214 Å². The maximum atomic E-state index is 12.8. The van der Waals surface area contributed by atoms with Crippen molar-refractivity contribution in [1.29, 1.82) is 0 Å². The molecule has 0 aromatic carbocycles. The van der Waals surface area contributed by atoms with Gasteiger partial charge in [0.2, 0.25) is 29.5 Å². The molecule has 37 heavy (non-hydrogen) atoms. The molecular weight excluding hydrogens is 492 g/mol. The molecule has 1 saturated heterocycles. The van der Waals surface area contributed by atoms with Gasteiger partial charge in [-0.15, -0.1) is 0 Å². The van der Waals surface area contributed by atoms with Crippen LogP contribution >= 0.6 is 0 Å². The third-order valence-corrected chi connectivity index (χ3v) is 5.88. The number of rotatable bonds is 13. The molecule has 0 unspecified atom stereocenters. The van der Waals surface area contributed by atoms with Crippen LogP contribution in [0.5, 0.6) is 0 Å². The molecule has 0 aromatic rings. The molecule has 1 aliphatic rings. The molecule has 15 heteroatoms. The molecule has 0 saturated carbocycles. The van der Waals surface area contributed by atoms with Gasteiger partial charge in [-0.1, -0.05) is 13.8 Å². The number of carboxylic acid groups (broad SMARTS) is 1. The van der Waals surface area contributed by atoms with E-state index in [-0.39, 0.29) is 25.4 Å². The van der Waals surface area contributed by atoms with E-state index in [9.17, 15) is 44.1 Å². The summed E-state index contributed by atoms with van der Waals surface area (Å²) < 4.78 is 0. The Hall–Kier alpha value is -3.30. The van der Waals surface area contributed by atoms with E-state index in [1.165, 1.54) is 13.8 Å². The van der Waals surface area contributed by atoms with Crippen molar-refractivity contribution in [2.75, 3.05) is 19.7 Å². The zero-order chi connectivity index (χ0) is 28.4. The zero-order valence-electron chi connectivity index (χ0n) is 21.4. The number of carboxylic acids is 1. The highest BCUT2D eigenvalue weighted by atomic mass is 16.4. The number of hydrogen-bond acceptors (Lipinski definition) is 9. The van der Waals surface area contributed by atoms with Crippen LogP contribution in [0.4, 0.5) is 0 Å². The molecule has 0 bridgehead atoms. The summed E-state index contributed by atoms with van der Waals surface area (Å²) >= 11 is 0. The fourth-order valence-electron chi connectivity index (χ4n) is 3.78. The van der Waals surface area contributed by atoms with Gasteiger partial charge in [-0.2, -0.15) is 0 Å². The van der Waals surface area contributed by atoms with Crippen molar-refractivity contribution in [1.82, 2.24) is 26.2 Å². The lowest BCUT2D eigenvalue weighted by molar-refractivity contribution is -0.149. The highest BCUT2D eigenvalue weighted by Crippen LogP contribution is 2.18. The lowest BCUT2D eigenvalue weighted by Gasteiger charge is -2.28. The minimum atomic E-state index is -1.55. The molecule has 1 heterocycles. The van der Waals surface area contributed by atoms with E-state index in [2.05, 4.69) is 21.3 Å². The molecule has 15 nitrogen and oxygen atoms in total. The van der Waals surface area contributed by atoms with E-state index in [4.69, 9.17) is 5.73 Å². The van der Waals surface area contributed by atoms with E-state index in [0.29, 0.717) is 6.42 Å². The first-order valence-corrected chi connectivity index (χ1v) is 12.0. The summed E-state index contributed by atoms with van der Waals surface area (Å²) in [5.74, 6) is -5.49. The fourth-order valence-corrected chi connectivity index (χ4v) is 3.78. The number of nitrogens with zero attached hydrogens (tertiary/aromatic N) is 1. The van der Waals surface area contributed by atoms with Gasteiger partial charge in [-0.05, 0) is 32.6 Å². The van der Waals surface area contributed by atoms with Gasteiger partial charge in [0.1, 0.15) is 30.2 Å². The number of nitrogens with two attached hydrogens (primary N) is 1. The summed E-state index contributed by atoms with van der Waals surface area (Å²) in [6.07, 6.45) is -0.636. The van der Waals surface area contributed by atoms with Crippen molar-refractivity contribution in [2.45, 2.75) is 76.8 Å². The van der Waals surface area contributed by atoms with Crippen LogP contribution in [0.2, 0.25) is 0 Å². The van der Waals surface area contributed by atoms with E-state index < -0.39 is 78.4 Å². The van der Waals surface area contributed by atoms with E-state index in [0.717, 1.165) is 4.90 Å². The molecule has 0 aromatic heterocycles. The highest BCUT2D eigenvalue weighted by molar-refractivity contribution is 5.96. The fraction of sp³-hybridized carbons (Fsp3) is 0.727. The number of carbonyl (C=O) groups is 6. The number of nitrogens with one attached hydrogen (secondary N) is 4. The van der Waals surface area contributed by atoms with Crippen molar-refractivity contribution >= 4 is 35.5 Å². The Morgan fingerprint density at radius 2 is 1.51 bits per heavy atom. The maximum Gasteiger partial charge on any atom is 0.326 e. The molecule has 9 N–H and O–H groups in total. The molecule has 210 valence electrons. The van der Waals surface area contributed by atoms with Crippen LogP contribution in [0.1, 0.15) is 40.5 Å². The zero-order valence-corrected chi connectivity index (χ0v) is 21.4. The Balaban J connectivity index is 2.86. The highest BCUT2D eigenvalue weighted by Gasteiger charge is 2.37. The number of aliphatic carboxylic acids is 1. The first-order chi connectivity index (χ1) is 17.2. The van der Waals surface area contributed by atoms with Crippen molar-refractivity contribution in [3.63, 3.8) is 0 Å². The Morgan fingerprint density at radius 1 is 0.919 bits per heavy atom. The van der Waals surface area contributed by atoms with Crippen molar-refractivity contribution < 1.29 is 44.1 Å². The molecule has 1 aliphatic heterocycles. The average Bonchev–Trinajstić information content (AvgIpc) is 3.33. The number of aliphatic hydroxyl groups excluding tert-OH is 2. The summed E-state index contributed by atoms with van der Waals surface area (Å²) in [6.45, 7) is 4.84. The number of carbonyl (C=O) groups excluding carboxylic acids is 5. The van der Waals surface area contributed by atoms with Gasteiger partial charge in [0, 0.05) is 6.54 Å². The largest absolute Gasteiger partial charge is 0.480 e. The topological polar surface area (TPSA) is 240 Å². The maximum absolute atomic E-state index is 12.8. The number of aliphatic hydroxyl groups is 2. The smallest absolute Gasteiger partial charge is 0.326 e. The lowest BCUT2D eigenvalue weighted by atomic mass is 10.0. The molecule has 0 spiro atoms. The van der Waals surface area contributed by atoms with Gasteiger partial charge in [0.05, 0.1) is 19.3 Å². The average molecular weight is 531 g/mol. The molecule has 0 aliphatic carbocycles. The van der Waals surface area contributed by atoms with Gasteiger partial charge < -0.3 is 47.2 Å². The van der Waals surface area contributed by atoms with Gasteiger partial charge >= 0.3 is 5.97 Å². The van der Waals surface area contributed by atoms with Crippen molar-refractivity contribution in [3.05, 3.63) is 0 Å². The third-order valence-electron chi connectivity index (χ3n) is 5.88. The van der Waals surface area contributed by atoms with Crippen LogP contribution in [-0.2, 0) is 28.8 Å². The van der Waals surface area contributed by atoms with E-state index in [1.807, 2.05) is 0 Å². The van der Waals surface area contributed by atoms with Gasteiger partial charge in [0.15, 0.2) is 0 Å².